The summed E-state index contributed by atoms with van der Waals surface area (Å²) in [4.78, 5) is 2.46. The molecule has 1 aliphatic carbocycles. The monoisotopic (exact) mass is 163 g/mol. The van der Waals surface area contributed by atoms with Gasteiger partial charge in [0.15, 0.2) is 0 Å². The van der Waals surface area contributed by atoms with Crippen LogP contribution in [0.25, 0.3) is 0 Å². The van der Waals surface area contributed by atoms with Crippen LogP contribution in [0.15, 0.2) is 0 Å². The Hall–Kier alpha value is -0.480. The zero-order valence-corrected chi connectivity index (χ0v) is 7.90. The summed E-state index contributed by atoms with van der Waals surface area (Å²) < 4.78 is 0. The quantitative estimate of drug-likeness (QED) is 0.493. The van der Waals surface area contributed by atoms with Gasteiger partial charge in [0.1, 0.15) is 0 Å². The van der Waals surface area contributed by atoms with Gasteiger partial charge in [-0.3, -0.25) is 0 Å². The molecule has 1 spiro atoms. The minimum absolute atomic E-state index is 0.630. The van der Waals surface area contributed by atoms with E-state index in [9.17, 15) is 0 Å². The van der Waals surface area contributed by atoms with E-state index in [0.29, 0.717) is 5.41 Å². The van der Waals surface area contributed by atoms with Gasteiger partial charge in [-0.25, -0.2) is 0 Å². The number of hydrogen-bond donors (Lipinski definition) is 0. The van der Waals surface area contributed by atoms with E-state index >= 15 is 0 Å². The van der Waals surface area contributed by atoms with E-state index in [0.717, 1.165) is 12.8 Å². The third-order valence-corrected chi connectivity index (χ3v) is 3.31. The van der Waals surface area contributed by atoms with Gasteiger partial charge < -0.3 is 4.90 Å². The molecule has 0 unspecified atom stereocenters. The second-order valence-electron chi connectivity index (χ2n) is 4.34. The highest BCUT2D eigenvalue weighted by Crippen LogP contribution is 2.39. The van der Waals surface area contributed by atoms with Crippen LogP contribution < -0.4 is 0 Å². The fourth-order valence-electron chi connectivity index (χ4n) is 2.52. The largest absolute Gasteiger partial charge is 0.306 e. The fourth-order valence-corrected chi connectivity index (χ4v) is 2.52. The van der Waals surface area contributed by atoms with Crippen molar-refractivity contribution in [3.8, 4) is 11.8 Å². The number of hydrogen-bond acceptors (Lipinski definition) is 1. The molecular weight excluding hydrogens is 146 g/mol. The normalized spacial score (nSPS) is 28.1. The van der Waals surface area contributed by atoms with Crippen LogP contribution >= 0.6 is 0 Å². The van der Waals surface area contributed by atoms with E-state index in [-0.39, 0.29) is 0 Å². The zero-order chi connectivity index (χ0) is 8.44. The average molecular weight is 163 g/mol. The van der Waals surface area contributed by atoms with Gasteiger partial charge in [0, 0.05) is 19.4 Å². The molecule has 0 bridgehead atoms. The van der Waals surface area contributed by atoms with Crippen molar-refractivity contribution >= 4 is 0 Å². The highest BCUT2D eigenvalue weighted by Gasteiger charge is 2.35. The first-order valence-corrected chi connectivity index (χ1v) is 4.95. The Morgan fingerprint density at radius 2 is 1.75 bits per heavy atom. The third kappa shape index (κ3) is 1.49. The molecule has 0 atom stereocenters. The number of likely N-dealkylation sites (tertiary alicyclic amines) is 1. The molecule has 0 radical (unpaired) electrons. The molecule has 1 fully saturated rings. The molecule has 1 heterocycles. The Bertz CT molecular complexity index is 209. The summed E-state index contributed by atoms with van der Waals surface area (Å²) in [6, 6.07) is 0. The lowest BCUT2D eigenvalue weighted by atomic mass is 9.79. The van der Waals surface area contributed by atoms with Crippen LogP contribution in [0.4, 0.5) is 0 Å². The molecule has 1 nitrogen and oxygen atoms in total. The van der Waals surface area contributed by atoms with E-state index in [2.05, 4.69) is 23.8 Å². The predicted octanol–water partition coefficient (Wildman–Crippen LogP) is 1.89. The molecule has 0 amide bonds. The van der Waals surface area contributed by atoms with Crippen LogP contribution in [0.2, 0.25) is 0 Å². The summed E-state index contributed by atoms with van der Waals surface area (Å²) in [7, 11) is 2.24. The Morgan fingerprint density at radius 1 is 1.08 bits per heavy atom. The van der Waals surface area contributed by atoms with E-state index in [1.165, 1.54) is 32.4 Å². The van der Waals surface area contributed by atoms with Gasteiger partial charge in [-0.05, 0) is 38.3 Å². The first-order valence-electron chi connectivity index (χ1n) is 4.95. The average Bonchev–Trinajstić information content (AvgIpc) is 2.30. The smallest absolute Gasteiger partial charge is 0.00944 e. The van der Waals surface area contributed by atoms with Crippen molar-refractivity contribution in [2.75, 3.05) is 20.1 Å². The summed E-state index contributed by atoms with van der Waals surface area (Å²) in [6.45, 7) is 2.59. The predicted molar refractivity (Wildman–Crippen MR) is 50.8 cm³/mol. The van der Waals surface area contributed by atoms with Crippen LogP contribution in [-0.4, -0.2) is 25.0 Å². The minimum atomic E-state index is 0.630. The molecule has 0 saturated carbocycles. The standard InChI is InChI=1S/C11H17N/c1-12-9-8-11(10-12)6-4-2-3-5-7-11/h4-10H2,1H3. The van der Waals surface area contributed by atoms with Crippen molar-refractivity contribution in [1.29, 1.82) is 0 Å². The van der Waals surface area contributed by atoms with Crippen LogP contribution in [0.5, 0.6) is 0 Å². The number of rotatable bonds is 0. The lowest BCUT2D eigenvalue weighted by Gasteiger charge is -2.26. The summed E-state index contributed by atoms with van der Waals surface area (Å²) >= 11 is 0. The molecule has 0 aromatic carbocycles. The van der Waals surface area contributed by atoms with Crippen LogP contribution in [0.3, 0.4) is 0 Å². The van der Waals surface area contributed by atoms with Gasteiger partial charge in [0.2, 0.25) is 0 Å². The Morgan fingerprint density at radius 3 is 2.25 bits per heavy atom. The van der Waals surface area contributed by atoms with E-state index < -0.39 is 0 Å². The molecule has 1 saturated heterocycles. The van der Waals surface area contributed by atoms with E-state index in [1.54, 1.807) is 0 Å². The molecule has 2 aliphatic rings. The Labute approximate surface area is 75.1 Å². The molecule has 1 aliphatic heterocycles. The Balaban J connectivity index is 2.02. The lowest BCUT2D eigenvalue weighted by molar-refractivity contribution is 0.249. The van der Waals surface area contributed by atoms with Crippen molar-refractivity contribution in [3.05, 3.63) is 0 Å². The SMILES string of the molecule is CN1CCC2(CCC#CCC2)C1. The van der Waals surface area contributed by atoms with Crippen molar-refractivity contribution in [3.63, 3.8) is 0 Å². The van der Waals surface area contributed by atoms with Crippen LogP contribution in [-0.2, 0) is 0 Å². The van der Waals surface area contributed by atoms with E-state index in [1.807, 2.05) is 0 Å². The van der Waals surface area contributed by atoms with Gasteiger partial charge in [0.25, 0.3) is 0 Å². The van der Waals surface area contributed by atoms with Gasteiger partial charge >= 0.3 is 0 Å². The Kier molecular flexibility index (Phi) is 2.11. The molecular formula is C11H17N. The molecule has 0 aromatic rings. The van der Waals surface area contributed by atoms with Crippen molar-refractivity contribution in [2.45, 2.75) is 32.1 Å². The van der Waals surface area contributed by atoms with Crippen molar-refractivity contribution < 1.29 is 0 Å². The molecule has 2 rings (SSSR count). The second kappa shape index (κ2) is 3.11. The van der Waals surface area contributed by atoms with Crippen LogP contribution in [0.1, 0.15) is 32.1 Å². The molecule has 66 valence electrons. The number of nitrogens with zero attached hydrogens (tertiary/aromatic N) is 1. The topological polar surface area (TPSA) is 3.24 Å². The summed E-state index contributed by atoms with van der Waals surface area (Å²) in [5.41, 5.74) is 0.630. The second-order valence-corrected chi connectivity index (χ2v) is 4.34. The molecule has 0 N–H and O–H groups in total. The van der Waals surface area contributed by atoms with Crippen molar-refractivity contribution in [1.82, 2.24) is 4.90 Å². The third-order valence-electron chi connectivity index (χ3n) is 3.31. The fraction of sp³-hybridized carbons (Fsp3) is 0.818. The summed E-state index contributed by atoms with van der Waals surface area (Å²) in [5.74, 6) is 6.49. The lowest BCUT2D eigenvalue weighted by Crippen LogP contribution is -2.24. The first-order chi connectivity index (χ1) is 5.81. The maximum atomic E-state index is 3.24. The van der Waals surface area contributed by atoms with Gasteiger partial charge in [-0.1, -0.05) is 0 Å². The van der Waals surface area contributed by atoms with Crippen molar-refractivity contribution in [2.24, 2.45) is 5.41 Å². The summed E-state index contributed by atoms with van der Waals surface area (Å²) in [5, 5.41) is 0. The van der Waals surface area contributed by atoms with Gasteiger partial charge in [0.05, 0.1) is 0 Å². The molecule has 12 heavy (non-hydrogen) atoms. The van der Waals surface area contributed by atoms with Crippen LogP contribution in [0, 0.1) is 17.3 Å². The van der Waals surface area contributed by atoms with Gasteiger partial charge in [-0.2, -0.15) is 0 Å². The van der Waals surface area contributed by atoms with Gasteiger partial charge in [-0.15, -0.1) is 11.8 Å². The highest BCUT2D eigenvalue weighted by molar-refractivity contribution is 5.06. The molecule has 0 aromatic heterocycles. The maximum Gasteiger partial charge on any atom is 0.00944 e. The van der Waals surface area contributed by atoms with E-state index in [4.69, 9.17) is 0 Å². The first kappa shape index (κ1) is 8.13. The maximum absolute atomic E-state index is 3.24. The zero-order valence-electron chi connectivity index (χ0n) is 7.90. The summed E-state index contributed by atoms with van der Waals surface area (Å²) in [6.07, 6.45) is 6.34. The minimum Gasteiger partial charge on any atom is -0.306 e. The highest BCUT2D eigenvalue weighted by atomic mass is 15.1. The molecule has 1 heteroatoms.